The van der Waals surface area contributed by atoms with E-state index < -0.39 is 0 Å². The molecule has 0 atom stereocenters. The van der Waals surface area contributed by atoms with Crippen molar-refractivity contribution >= 4 is 28.8 Å². The molecule has 0 bridgehead atoms. The lowest BCUT2D eigenvalue weighted by Gasteiger charge is -2.03. The molecule has 134 valence electrons. The lowest BCUT2D eigenvalue weighted by atomic mass is 10.1. The van der Waals surface area contributed by atoms with Gasteiger partial charge in [0.25, 0.3) is 5.89 Å². The van der Waals surface area contributed by atoms with Crippen LogP contribution in [-0.2, 0) is 0 Å². The molecule has 0 saturated heterocycles. The van der Waals surface area contributed by atoms with E-state index in [1.807, 2.05) is 30.6 Å². The Balaban J connectivity index is 1.78. The highest BCUT2D eigenvalue weighted by atomic mass is 32.1. The van der Waals surface area contributed by atoms with Gasteiger partial charge in [0.1, 0.15) is 5.82 Å². The van der Waals surface area contributed by atoms with Gasteiger partial charge >= 0.3 is 0 Å². The highest BCUT2D eigenvalue weighted by molar-refractivity contribution is 7.11. The SMILES string of the molecule is CNc1ncccc1-c1noc(C(=Cc2ccc(C)cc2)c2cccs2)n1. The fourth-order valence-corrected chi connectivity index (χ4v) is 3.46. The van der Waals surface area contributed by atoms with Crippen LogP contribution in [0.25, 0.3) is 23.0 Å². The minimum atomic E-state index is 0.485. The molecule has 3 heterocycles. The Labute approximate surface area is 161 Å². The number of hydrogen-bond acceptors (Lipinski definition) is 6. The Bertz CT molecular complexity index is 1070. The van der Waals surface area contributed by atoms with E-state index in [0.29, 0.717) is 17.5 Å². The van der Waals surface area contributed by atoms with Crippen LogP contribution in [0.4, 0.5) is 5.82 Å². The fourth-order valence-electron chi connectivity index (χ4n) is 2.73. The minimum absolute atomic E-state index is 0.485. The number of nitrogens with one attached hydrogen (secondary N) is 1. The van der Waals surface area contributed by atoms with Crippen LogP contribution >= 0.6 is 11.3 Å². The van der Waals surface area contributed by atoms with Gasteiger partial charge in [0.15, 0.2) is 0 Å². The van der Waals surface area contributed by atoms with E-state index in [2.05, 4.69) is 63.8 Å². The Morgan fingerprint density at radius 2 is 1.96 bits per heavy atom. The number of hydrogen-bond donors (Lipinski definition) is 1. The highest BCUT2D eigenvalue weighted by Gasteiger charge is 2.17. The van der Waals surface area contributed by atoms with Crippen molar-refractivity contribution in [2.45, 2.75) is 6.92 Å². The molecule has 0 radical (unpaired) electrons. The Morgan fingerprint density at radius 1 is 1.11 bits per heavy atom. The summed E-state index contributed by atoms with van der Waals surface area (Å²) in [6.45, 7) is 2.07. The largest absolute Gasteiger partial charge is 0.373 e. The van der Waals surface area contributed by atoms with Crippen molar-refractivity contribution in [1.82, 2.24) is 15.1 Å². The van der Waals surface area contributed by atoms with E-state index in [0.717, 1.165) is 21.6 Å². The van der Waals surface area contributed by atoms with E-state index in [4.69, 9.17) is 4.52 Å². The lowest BCUT2D eigenvalue weighted by Crippen LogP contribution is -1.95. The van der Waals surface area contributed by atoms with Gasteiger partial charge in [0, 0.05) is 18.1 Å². The Hall–Kier alpha value is -3.25. The predicted molar refractivity (Wildman–Crippen MR) is 110 cm³/mol. The van der Waals surface area contributed by atoms with E-state index >= 15 is 0 Å². The van der Waals surface area contributed by atoms with Crippen molar-refractivity contribution in [3.8, 4) is 11.4 Å². The quantitative estimate of drug-likeness (QED) is 0.524. The van der Waals surface area contributed by atoms with Crippen molar-refractivity contribution < 1.29 is 4.52 Å². The van der Waals surface area contributed by atoms with Gasteiger partial charge in [0.05, 0.1) is 11.1 Å². The minimum Gasteiger partial charge on any atom is -0.373 e. The van der Waals surface area contributed by atoms with Crippen molar-refractivity contribution in [2.75, 3.05) is 12.4 Å². The first-order chi connectivity index (χ1) is 13.2. The molecule has 0 aliphatic heterocycles. The van der Waals surface area contributed by atoms with E-state index in [9.17, 15) is 0 Å². The van der Waals surface area contributed by atoms with Crippen molar-refractivity contribution in [2.24, 2.45) is 0 Å². The molecule has 3 aromatic heterocycles. The zero-order valence-corrected chi connectivity index (χ0v) is 15.8. The van der Waals surface area contributed by atoms with Crippen LogP contribution in [0.3, 0.4) is 0 Å². The number of aryl methyl sites for hydroxylation is 1. The van der Waals surface area contributed by atoms with Crippen molar-refractivity contribution in [3.05, 3.63) is 82.0 Å². The average Bonchev–Trinajstić information content (AvgIpc) is 3.40. The van der Waals surface area contributed by atoms with E-state index in [1.54, 1.807) is 17.5 Å². The third kappa shape index (κ3) is 3.66. The molecule has 27 heavy (non-hydrogen) atoms. The first-order valence-corrected chi connectivity index (χ1v) is 9.42. The highest BCUT2D eigenvalue weighted by Crippen LogP contribution is 2.31. The molecule has 0 fully saturated rings. The maximum atomic E-state index is 5.62. The first kappa shape index (κ1) is 17.2. The molecule has 0 saturated carbocycles. The predicted octanol–water partition coefficient (Wildman–Crippen LogP) is 5.13. The van der Waals surface area contributed by atoms with Crippen LogP contribution in [0.1, 0.15) is 21.9 Å². The lowest BCUT2D eigenvalue weighted by molar-refractivity contribution is 0.409. The monoisotopic (exact) mass is 374 g/mol. The van der Waals surface area contributed by atoms with Gasteiger partial charge in [-0.3, -0.25) is 0 Å². The molecule has 1 N–H and O–H groups in total. The summed E-state index contributed by atoms with van der Waals surface area (Å²) in [7, 11) is 1.82. The van der Waals surface area contributed by atoms with Gasteiger partial charge in [-0.2, -0.15) is 4.98 Å². The molecule has 0 spiro atoms. The zero-order valence-electron chi connectivity index (χ0n) is 15.0. The van der Waals surface area contributed by atoms with Crippen LogP contribution in [-0.4, -0.2) is 22.2 Å². The molecule has 6 heteroatoms. The van der Waals surface area contributed by atoms with Crippen LogP contribution in [0.2, 0.25) is 0 Å². The summed E-state index contributed by atoms with van der Waals surface area (Å²) >= 11 is 1.64. The Morgan fingerprint density at radius 3 is 2.70 bits per heavy atom. The second kappa shape index (κ2) is 7.55. The molecule has 1 aromatic carbocycles. The van der Waals surface area contributed by atoms with Crippen LogP contribution < -0.4 is 5.32 Å². The number of nitrogens with zero attached hydrogens (tertiary/aromatic N) is 3. The summed E-state index contributed by atoms with van der Waals surface area (Å²) < 4.78 is 5.62. The molecule has 0 aliphatic carbocycles. The number of pyridine rings is 1. The van der Waals surface area contributed by atoms with Crippen molar-refractivity contribution in [1.29, 1.82) is 0 Å². The fraction of sp³-hybridized carbons (Fsp3) is 0.0952. The Kier molecular flexibility index (Phi) is 4.80. The molecule has 0 unspecified atom stereocenters. The van der Waals surface area contributed by atoms with E-state index in [-0.39, 0.29) is 0 Å². The van der Waals surface area contributed by atoms with Crippen LogP contribution in [0.15, 0.2) is 64.6 Å². The second-order valence-corrected chi connectivity index (χ2v) is 6.97. The maximum absolute atomic E-state index is 5.62. The maximum Gasteiger partial charge on any atom is 0.259 e. The summed E-state index contributed by atoms with van der Waals surface area (Å²) in [5.74, 6) is 1.71. The van der Waals surface area contributed by atoms with Crippen molar-refractivity contribution in [3.63, 3.8) is 0 Å². The zero-order chi connectivity index (χ0) is 18.6. The third-order valence-electron chi connectivity index (χ3n) is 4.12. The molecule has 4 aromatic rings. The summed E-state index contributed by atoms with van der Waals surface area (Å²) in [4.78, 5) is 10.0. The van der Waals surface area contributed by atoms with Gasteiger partial charge in [-0.15, -0.1) is 11.3 Å². The molecule has 0 aliphatic rings. The summed E-state index contributed by atoms with van der Waals surface area (Å²) in [6, 6.07) is 16.2. The smallest absolute Gasteiger partial charge is 0.259 e. The first-order valence-electron chi connectivity index (χ1n) is 8.54. The number of rotatable bonds is 5. The van der Waals surface area contributed by atoms with Gasteiger partial charge in [-0.1, -0.05) is 41.1 Å². The second-order valence-electron chi connectivity index (χ2n) is 6.02. The molecular weight excluding hydrogens is 356 g/mol. The standard InChI is InChI=1S/C21H18N4OS/c1-14-7-9-15(10-8-14)13-17(18-6-4-12-27-18)21-24-20(25-26-21)16-5-3-11-23-19(16)22-2/h3-13H,1-2H3,(H,22,23). The number of thiophene rings is 1. The van der Waals surface area contributed by atoms with Crippen LogP contribution in [0, 0.1) is 6.92 Å². The molecular formula is C21H18N4OS. The number of aromatic nitrogens is 3. The molecule has 4 rings (SSSR count). The molecule has 5 nitrogen and oxygen atoms in total. The molecule has 0 amide bonds. The van der Waals surface area contributed by atoms with Gasteiger partial charge in [-0.25, -0.2) is 4.98 Å². The topological polar surface area (TPSA) is 63.8 Å². The van der Waals surface area contributed by atoms with Gasteiger partial charge in [-0.05, 0) is 42.1 Å². The van der Waals surface area contributed by atoms with Crippen LogP contribution in [0.5, 0.6) is 0 Å². The van der Waals surface area contributed by atoms with Gasteiger partial charge < -0.3 is 9.84 Å². The summed E-state index contributed by atoms with van der Waals surface area (Å²) in [5, 5.41) is 9.28. The number of benzene rings is 1. The summed E-state index contributed by atoms with van der Waals surface area (Å²) in [5.41, 5.74) is 4.01. The number of anilines is 1. The summed E-state index contributed by atoms with van der Waals surface area (Å²) in [6.07, 6.45) is 3.80. The van der Waals surface area contributed by atoms with Gasteiger partial charge in [0.2, 0.25) is 5.82 Å². The third-order valence-corrected chi connectivity index (χ3v) is 5.02. The average molecular weight is 374 g/mol. The van der Waals surface area contributed by atoms with E-state index in [1.165, 1.54) is 5.56 Å². The normalized spacial score (nSPS) is 11.6.